The second kappa shape index (κ2) is 6.61. The van der Waals surface area contributed by atoms with Crippen LogP contribution < -0.4 is 0 Å². The van der Waals surface area contributed by atoms with E-state index in [4.69, 9.17) is 9.84 Å². The van der Waals surface area contributed by atoms with Gasteiger partial charge in [0.25, 0.3) is 0 Å². The lowest BCUT2D eigenvalue weighted by Crippen LogP contribution is -2.12. The number of methoxy groups -OCH3 is 1. The van der Waals surface area contributed by atoms with E-state index in [0.29, 0.717) is 5.69 Å². The van der Waals surface area contributed by atoms with Crippen LogP contribution in [0.5, 0.6) is 5.75 Å². The molecule has 2 aromatic rings. The summed E-state index contributed by atoms with van der Waals surface area (Å²) in [4.78, 5) is 26.5. The Bertz CT molecular complexity index is 780. The highest BCUT2D eigenvalue weighted by Crippen LogP contribution is 2.20. The highest BCUT2D eigenvalue weighted by atomic mass is 16.5. The Morgan fingerprint density at radius 2 is 1.61 bits per heavy atom. The normalized spacial score (nSPS) is 11.1. The molecule has 2 rings (SSSR count). The molecular weight excluding hydrogens is 302 g/mol. The first-order valence-electron chi connectivity index (χ1n) is 6.45. The maximum atomic E-state index is 11.4. The summed E-state index contributed by atoms with van der Waals surface area (Å²) in [7, 11) is 1.33. The first-order chi connectivity index (χ1) is 10.9. The molecule has 3 N–H and O–H groups in total. The molecule has 0 aliphatic rings. The largest absolute Gasteiger partial charge is 0.508 e. The predicted octanol–water partition coefficient (Wildman–Crippen LogP) is 2.51. The van der Waals surface area contributed by atoms with E-state index in [2.05, 4.69) is 4.99 Å². The number of aromatic carboxylic acids is 2. The molecule has 0 atom stereocenters. The summed E-state index contributed by atoms with van der Waals surface area (Å²) in [5, 5.41) is 27.5. The molecule has 0 aliphatic heterocycles. The molecule has 0 unspecified atom stereocenters. The van der Waals surface area contributed by atoms with Crippen molar-refractivity contribution in [3.05, 3.63) is 59.2 Å². The Kier molecular flexibility index (Phi) is 4.61. The van der Waals surface area contributed by atoms with Crippen molar-refractivity contribution in [1.82, 2.24) is 0 Å². The molecule has 118 valence electrons. The molecule has 0 aliphatic carbocycles. The fourth-order valence-corrected chi connectivity index (χ4v) is 1.90. The summed E-state index contributed by atoms with van der Waals surface area (Å²) >= 11 is 0. The number of aromatic hydroxyl groups is 1. The Morgan fingerprint density at radius 1 is 0.957 bits per heavy atom. The first kappa shape index (κ1) is 16.0. The minimum absolute atomic E-state index is 0.0185. The van der Waals surface area contributed by atoms with Crippen LogP contribution in [0.3, 0.4) is 0 Å². The molecule has 0 radical (unpaired) electrons. The topological polar surface area (TPSA) is 116 Å². The van der Waals surface area contributed by atoms with Crippen LogP contribution in [-0.4, -0.2) is 40.3 Å². The number of carbonyl (C=O) groups is 2. The molecule has 0 saturated carbocycles. The van der Waals surface area contributed by atoms with E-state index in [1.807, 2.05) is 0 Å². The fraction of sp³-hybridized carbons (Fsp3) is 0.0625. The third kappa shape index (κ3) is 3.65. The Hall–Kier alpha value is -3.35. The number of rotatable bonds is 4. The summed E-state index contributed by atoms with van der Waals surface area (Å²) in [6, 6.07) is 9.56. The van der Waals surface area contributed by atoms with Crippen LogP contribution in [0, 0.1) is 0 Å². The number of aliphatic imine (C=N–C) groups is 1. The second-order valence-corrected chi connectivity index (χ2v) is 4.51. The van der Waals surface area contributed by atoms with Crippen LogP contribution in [0.15, 0.2) is 47.5 Å². The standard InChI is InChI=1S/C16H13NO6/c1-23-14(17-10-3-5-11(18)6-4-10)12-7-2-9(15(19)20)8-13(12)16(21)22/h2-8,18H,1H3,(H,19,20)(H,21,22). The quantitative estimate of drug-likeness (QED) is 0.589. The summed E-state index contributed by atoms with van der Waals surface area (Å²) in [6.45, 7) is 0. The van der Waals surface area contributed by atoms with Gasteiger partial charge in [0, 0.05) is 0 Å². The van der Waals surface area contributed by atoms with Gasteiger partial charge in [0.15, 0.2) is 0 Å². The van der Waals surface area contributed by atoms with Crippen molar-refractivity contribution in [3.63, 3.8) is 0 Å². The average molecular weight is 315 g/mol. The van der Waals surface area contributed by atoms with Crippen molar-refractivity contribution in [1.29, 1.82) is 0 Å². The lowest BCUT2D eigenvalue weighted by molar-refractivity contribution is 0.0695. The number of carboxylic acid groups (broad SMARTS) is 2. The van der Waals surface area contributed by atoms with Gasteiger partial charge in [0.2, 0.25) is 5.90 Å². The molecular formula is C16H13NO6. The number of hydrogen-bond donors (Lipinski definition) is 3. The maximum Gasteiger partial charge on any atom is 0.336 e. The maximum absolute atomic E-state index is 11.4. The Labute approximate surface area is 131 Å². The fourth-order valence-electron chi connectivity index (χ4n) is 1.90. The van der Waals surface area contributed by atoms with Gasteiger partial charge in [-0.15, -0.1) is 0 Å². The molecule has 0 spiro atoms. The zero-order valence-corrected chi connectivity index (χ0v) is 12.1. The first-order valence-corrected chi connectivity index (χ1v) is 6.45. The monoisotopic (exact) mass is 315 g/mol. The number of ether oxygens (including phenoxy) is 1. The van der Waals surface area contributed by atoms with Crippen LogP contribution in [0.25, 0.3) is 0 Å². The van der Waals surface area contributed by atoms with E-state index in [0.717, 1.165) is 6.07 Å². The zero-order valence-electron chi connectivity index (χ0n) is 12.1. The van der Waals surface area contributed by atoms with Crippen molar-refractivity contribution in [2.75, 3.05) is 7.11 Å². The van der Waals surface area contributed by atoms with Gasteiger partial charge in [0.1, 0.15) is 5.75 Å². The van der Waals surface area contributed by atoms with E-state index in [9.17, 15) is 19.8 Å². The van der Waals surface area contributed by atoms with Gasteiger partial charge >= 0.3 is 11.9 Å². The van der Waals surface area contributed by atoms with Gasteiger partial charge in [-0.05, 0) is 42.5 Å². The third-order valence-corrected chi connectivity index (χ3v) is 3.00. The van der Waals surface area contributed by atoms with Gasteiger partial charge in [-0.1, -0.05) is 0 Å². The minimum atomic E-state index is -1.29. The number of phenols is 1. The summed E-state index contributed by atoms with van der Waals surface area (Å²) in [5.74, 6) is -2.43. The summed E-state index contributed by atoms with van der Waals surface area (Å²) < 4.78 is 5.14. The van der Waals surface area contributed by atoms with Crippen molar-refractivity contribution in [3.8, 4) is 5.75 Å². The van der Waals surface area contributed by atoms with Gasteiger partial charge < -0.3 is 20.1 Å². The van der Waals surface area contributed by atoms with Crippen LogP contribution in [0.1, 0.15) is 26.3 Å². The van der Waals surface area contributed by atoms with E-state index >= 15 is 0 Å². The molecule has 0 heterocycles. The molecule has 0 fully saturated rings. The lowest BCUT2D eigenvalue weighted by Gasteiger charge is -2.09. The molecule has 7 heteroatoms. The number of hydrogen-bond acceptors (Lipinski definition) is 5. The Balaban J connectivity index is 2.54. The van der Waals surface area contributed by atoms with E-state index in [1.54, 1.807) is 0 Å². The Morgan fingerprint density at radius 3 is 2.13 bits per heavy atom. The van der Waals surface area contributed by atoms with Crippen molar-refractivity contribution < 1.29 is 29.6 Å². The highest BCUT2D eigenvalue weighted by molar-refractivity contribution is 6.07. The average Bonchev–Trinajstić information content (AvgIpc) is 2.53. The number of phenolic OH excluding ortho intramolecular Hbond substituents is 1. The molecule has 0 amide bonds. The lowest BCUT2D eigenvalue weighted by atomic mass is 10.0. The molecule has 0 saturated heterocycles. The van der Waals surface area contributed by atoms with Crippen LogP contribution >= 0.6 is 0 Å². The SMILES string of the molecule is COC(=Nc1ccc(O)cc1)c1ccc(C(=O)O)cc1C(=O)O. The van der Waals surface area contributed by atoms with Crippen LogP contribution in [-0.2, 0) is 4.74 Å². The van der Waals surface area contributed by atoms with E-state index < -0.39 is 11.9 Å². The minimum Gasteiger partial charge on any atom is -0.508 e. The third-order valence-electron chi connectivity index (χ3n) is 3.00. The van der Waals surface area contributed by atoms with Crippen LogP contribution in [0.2, 0.25) is 0 Å². The molecule has 23 heavy (non-hydrogen) atoms. The molecule has 2 aromatic carbocycles. The van der Waals surface area contributed by atoms with Gasteiger partial charge in [-0.3, -0.25) is 0 Å². The number of nitrogens with zero attached hydrogens (tertiary/aromatic N) is 1. The molecule has 0 aromatic heterocycles. The summed E-state index contributed by atoms with van der Waals surface area (Å²) in [5.41, 5.74) is 0.215. The van der Waals surface area contributed by atoms with Crippen molar-refractivity contribution in [2.24, 2.45) is 4.99 Å². The van der Waals surface area contributed by atoms with Gasteiger partial charge in [-0.25, -0.2) is 14.6 Å². The molecule has 7 nitrogen and oxygen atoms in total. The highest BCUT2D eigenvalue weighted by Gasteiger charge is 2.18. The number of benzene rings is 2. The predicted molar refractivity (Wildman–Crippen MR) is 81.7 cm³/mol. The second-order valence-electron chi connectivity index (χ2n) is 4.51. The summed E-state index contributed by atoms with van der Waals surface area (Å²) in [6.07, 6.45) is 0. The smallest absolute Gasteiger partial charge is 0.336 e. The van der Waals surface area contributed by atoms with Crippen LogP contribution in [0.4, 0.5) is 5.69 Å². The zero-order chi connectivity index (χ0) is 17.0. The number of carboxylic acids is 2. The van der Waals surface area contributed by atoms with Gasteiger partial charge in [0.05, 0.1) is 29.5 Å². The van der Waals surface area contributed by atoms with Gasteiger partial charge in [-0.2, -0.15) is 0 Å². The molecule has 0 bridgehead atoms. The van der Waals surface area contributed by atoms with E-state index in [-0.39, 0.29) is 28.3 Å². The van der Waals surface area contributed by atoms with Crippen molar-refractivity contribution in [2.45, 2.75) is 0 Å². The van der Waals surface area contributed by atoms with Crippen molar-refractivity contribution >= 4 is 23.5 Å². The van der Waals surface area contributed by atoms with E-state index in [1.165, 1.54) is 43.5 Å².